The largest absolute Gasteiger partial charge is 0.376 e. The van der Waals surface area contributed by atoms with Gasteiger partial charge in [0.15, 0.2) is 0 Å². The summed E-state index contributed by atoms with van der Waals surface area (Å²) >= 11 is 0. The molecule has 28 heavy (non-hydrogen) atoms. The fourth-order valence-corrected chi connectivity index (χ4v) is 4.70. The fourth-order valence-electron chi connectivity index (χ4n) is 3.62. The minimum atomic E-state index is -3.62. The van der Waals surface area contributed by atoms with Gasteiger partial charge in [0, 0.05) is 18.8 Å². The van der Waals surface area contributed by atoms with Crippen LogP contribution >= 0.6 is 0 Å². The number of nitrogens with one attached hydrogen (secondary N) is 2. The summed E-state index contributed by atoms with van der Waals surface area (Å²) in [6.07, 6.45) is 3.77. The van der Waals surface area contributed by atoms with E-state index in [4.69, 9.17) is 4.74 Å². The molecule has 0 radical (unpaired) electrons. The molecule has 0 aromatic heterocycles. The van der Waals surface area contributed by atoms with Crippen LogP contribution in [0.3, 0.4) is 0 Å². The second-order valence-electron chi connectivity index (χ2n) is 7.42. The lowest BCUT2D eigenvalue weighted by molar-refractivity contribution is -0.124. The molecule has 148 valence electrons. The third-order valence-corrected chi connectivity index (χ3v) is 6.84. The van der Waals surface area contributed by atoms with Gasteiger partial charge in [-0.2, -0.15) is 0 Å². The minimum Gasteiger partial charge on any atom is -0.376 e. The number of carbonyl (C=O) groups excluding carboxylic acids is 1. The molecular weight excluding hydrogens is 376 g/mol. The second-order valence-corrected chi connectivity index (χ2v) is 9.11. The quantitative estimate of drug-likeness (QED) is 0.749. The molecule has 0 spiro atoms. The highest BCUT2D eigenvalue weighted by Gasteiger charge is 2.51. The molecule has 1 aliphatic heterocycles. The molecule has 1 atom stereocenters. The molecule has 2 aromatic rings. The number of sulfonamides is 1. The summed E-state index contributed by atoms with van der Waals surface area (Å²) < 4.78 is 33.0. The zero-order valence-corrected chi connectivity index (χ0v) is 16.4. The summed E-state index contributed by atoms with van der Waals surface area (Å²) in [6, 6.07) is 15.3. The molecule has 1 saturated carbocycles. The molecular formula is C21H24N2O4S. The molecule has 1 heterocycles. The van der Waals surface area contributed by atoms with Gasteiger partial charge >= 0.3 is 0 Å². The van der Waals surface area contributed by atoms with Crippen molar-refractivity contribution in [2.75, 3.05) is 17.9 Å². The first-order chi connectivity index (χ1) is 13.5. The van der Waals surface area contributed by atoms with Gasteiger partial charge in [-0.3, -0.25) is 9.52 Å². The molecule has 1 saturated heterocycles. The van der Waals surface area contributed by atoms with Crippen molar-refractivity contribution >= 4 is 21.6 Å². The summed E-state index contributed by atoms with van der Waals surface area (Å²) in [6.45, 7) is 1.32. The first kappa shape index (κ1) is 19.0. The van der Waals surface area contributed by atoms with E-state index in [1.54, 1.807) is 42.5 Å². The van der Waals surface area contributed by atoms with Crippen LogP contribution in [-0.4, -0.2) is 33.6 Å². The Morgan fingerprint density at radius 2 is 1.79 bits per heavy atom. The van der Waals surface area contributed by atoms with Gasteiger partial charge in [0.25, 0.3) is 10.0 Å². The number of benzene rings is 2. The summed E-state index contributed by atoms with van der Waals surface area (Å²) in [5.41, 5.74) is 0.901. The SMILES string of the molecule is O=C(NC[C@H]1CCCO1)C1(c2ccc(NS(=O)(=O)c3ccccc3)cc2)CC1. The maximum Gasteiger partial charge on any atom is 0.261 e. The van der Waals surface area contributed by atoms with E-state index in [2.05, 4.69) is 10.0 Å². The van der Waals surface area contributed by atoms with Gasteiger partial charge in [-0.1, -0.05) is 30.3 Å². The highest BCUT2D eigenvalue weighted by molar-refractivity contribution is 7.92. The van der Waals surface area contributed by atoms with E-state index in [1.807, 2.05) is 12.1 Å². The highest BCUT2D eigenvalue weighted by Crippen LogP contribution is 2.48. The van der Waals surface area contributed by atoms with E-state index in [9.17, 15) is 13.2 Å². The van der Waals surface area contributed by atoms with Crippen molar-refractivity contribution in [1.82, 2.24) is 5.32 Å². The Morgan fingerprint density at radius 3 is 2.39 bits per heavy atom. The van der Waals surface area contributed by atoms with E-state index in [-0.39, 0.29) is 16.9 Å². The third-order valence-electron chi connectivity index (χ3n) is 5.44. The Labute approximate surface area is 165 Å². The number of rotatable bonds is 7. The van der Waals surface area contributed by atoms with Gasteiger partial charge in [0.2, 0.25) is 5.91 Å². The molecule has 0 unspecified atom stereocenters. The molecule has 2 N–H and O–H groups in total. The van der Waals surface area contributed by atoms with Crippen LogP contribution in [-0.2, 0) is 25.0 Å². The van der Waals surface area contributed by atoms with Crippen LogP contribution in [0.25, 0.3) is 0 Å². The predicted molar refractivity (Wildman–Crippen MR) is 107 cm³/mol. The smallest absolute Gasteiger partial charge is 0.261 e. The highest BCUT2D eigenvalue weighted by atomic mass is 32.2. The first-order valence-electron chi connectivity index (χ1n) is 9.58. The summed E-state index contributed by atoms with van der Waals surface area (Å²) in [5.74, 6) is 0.0283. The first-order valence-corrected chi connectivity index (χ1v) is 11.1. The lowest BCUT2D eigenvalue weighted by atomic mass is 9.94. The topological polar surface area (TPSA) is 84.5 Å². The molecule has 1 aliphatic carbocycles. The second kappa shape index (κ2) is 7.56. The van der Waals surface area contributed by atoms with Crippen molar-refractivity contribution in [3.63, 3.8) is 0 Å². The lowest BCUT2D eigenvalue weighted by Crippen LogP contribution is -2.39. The average molecular weight is 401 g/mol. The van der Waals surface area contributed by atoms with Crippen molar-refractivity contribution in [2.24, 2.45) is 0 Å². The van der Waals surface area contributed by atoms with Crippen LogP contribution in [0.15, 0.2) is 59.5 Å². The van der Waals surface area contributed by atoms with Crippen LogP contribution in [0.4, 0.5) is 5.69 Å². The molecule has 2 aliphatic rings. The van der Waals surface area contributed by atoms with E-state index >= 15 is 0 Å². The van der Waals surface area contributed by atoms with E-state index < -0.39 is 15.4 Å². The van der Waals surface area contributed by atoms with Gasteiger partial charge in [0.05, 0.1) is 16.4 Å². The zero-order valence-electron chi connectivity index (χ0n) is 15.6. The summed E-state index contributed by atoms with van der Waals surface area (Å²) in [5, 5.41) is 3.02. The van der Waals surface area contributed by atoms with Crippen molar-refractivity contribution in [3.05, 3.63) is 60.2 Å². The van der Waals surface area contributed by atoms with Crippen molar-refractivity contribution in [1.29, 1.82) is 0 Å². The number of hydrogen-bond acceptors (Lipinski definition) is 4. The normalized spacial score (nSPS) is 20.5. The maximum absolute atomic E-state index is 12.7. The number of amides is 1. The average Bonchev–Trinajstić information content (AvgIpc) is 3.35. The predicted octanol–water partition coefficient (Wildman–Crippen LogP) is 2.81. The van der Waals surface area contributed by atoms with Gasteiger partial charge in [-0.15, -0.1) is 0 Å². The maximum atomic E-state index is 12.7. The number of hydrogen-bond donors (Lipinski definition) is 2. The Morgan fingerprint density at radius 1 is 1.07 bits per heavy atom. The van der Waals surface area contributed by atoms with Gasteiger partial charge < -0.3 is 10.1 Å². The van der Waals surface area contributed by atoms with Crippen LogP contribution in [0, 0.1) is 0 Å². The van der Waals surface area contributed by atoms with Crippen molar-refractivity contribution in [2.45, 2.75) is 42.1 Å². The molecule has 0 bridgehead atoms. The number of anilines is 1. The minimum absolute atomic E-state index is 0.0283. The van der Waals surface area contributed by atoms with Crippen LogP contribution in [0.2, 0.25) is 0 Å². The number of carbonyl (C=O) groups is 1. The van der Waals surface area contributed by atoms with E-state index in [0.29, 0.717) is 12.2 Å². The van der Waals surface area contributed by atoms with Crippen molar-refractivity contribution < 1.29 is 17.9 Å². The Bertz CT molecular complexity index is 932. The van der Waals surface area contributed by atoms with Gasteiger partial charge in [0.1, 0.15) is 0 Å². The molecule has 6 nitrogen and oxygen atoms in total. The molecule has 2 aromatic carbocycles. The monoisotopic (exact) mass is 400 g/mol. The van der Waals surface area contributed by atoms with Crippen LogP contribution < -0.4 is 10.0 Å². The van der Waals surface area contributed by atoms with Crippen LogP contribution in [0.5, 0.6) is 0 Å². The zero-order chi connectivity index (χ0) is 19.6. The standard InChI is InChI=1S/C21H24N2O4S/c24-20(22-15-18-5-4-14-27-18)21(12-13-21)16-8-10-17(11-9-16)23-28(25,26)19-6-2-1-3-7-19/h1-3,6-11,18,23H,4-5,12-15H2,(H,22,24)/t18-/m1/s1. The van der Waals surface area contributed by atoms with Gasteiger partial charge in [-0.25, -0.2) is 8.42 Å². The molecule has 2 fully saturated rings. The molecule has 4 rings (SSSR count). The Balaban J connectivity index is 1.42. The van der Waals surface area contributed by atoms with Gasteiger partial charge in [-0.05, 0) is 55.5 Å². The summed E-state index contributed by atoms with van der Waals surface area (Å²) in [7, 11) is -3.62. The Hall–Kier alpha value is -2.38. The van der Waals surface area contributed by atoms with E-state index in [0.717, 1.165) is 37.9 Å². The lowest BCUT2D eigenvalue weighted by Gasteiger charge is -2.18. The fraction of sp³-hybridized carbons (Fsp3) is 0.381. The van der Waals surface area contributed by atoms with Crippen LogP contribution in [0.1, 0.15) is 31.2 Å². The Kier molecular flexibility index (Phi) is 5.12. The molecule has 7 heteroatoms. The number of ether oxygens (including phenoxy) is 1. The van der Waals surface area contributed by atoms with Crippen molar-refractivity contribution in [3.8, 4) is 0 Å². The van der Waals surface area contributed by atoms with E-state index in [1.165, 1.54) is 0 Å². The third kappa shape index (κ3) is 3.91. The molecule has 1 amide bonds. The summed E-state index contributed by atoms with van der Waals surface area (Å²) in [4.78, 5) is 12.9.